The van der Waals surface area contributed by atoms with Crippen LogP contribution in [0.4, 0.5) is 0 Å². The van der Waals surface area contributed by atoms with E-state index in [4.69, 9.17) is 5.73 Å². The van der Waals surface area contributed by atoms with Crippen LogP contribution in [0.3, 0.4) is 0 Å². The Hall–Kier alpha value is -1.35. The van der Waals surface area contributed by atoms with Gasteiger partial charge in [0.15, 0.2) is 0 Å². The van der Waals surface area contributed by atoms with Crippen LogP contribution < -0.4 is 11.1 Å². The molecule has 0 saturated heterocycles. The maximum Gasteiger partial charge on any atom is 0.241 e. The van der Waals surface area contributed by atoms with Gasteiger partial charge in [0.2, 0.25) is 5.91 Å². The van der Waals surface area contributed by atoms with Crippen LogP contribution in [0.2, 0.25) is 0 Å². The van der Waals surface area contributed by atoms with E-state index < -0.39 is 6.04 Å². The SMILES string of the molecule is CCc1ccc(C(N)C(=O)NC)cc1. The van der Waals surface area contributed by atoms with Gasteiger partial charge in [0.1, 0.15) is 6.04 Å². The third kappa shape index (κ3) is 2.33. The minimum atomic E-state index is -0.564. The van der Waals surface area contributed by atoms with Gasteiger partial charge in [0.05, 0.1) is 0 Å². The second-order valence-electron chi connectivity index (χ2n) is 3.19. The zero-order valence-electron chi connectivity index (χ0n) is 8.58. The quantitative estimate of drug-likeness (QED) is 0.750. The zero-order chi connectivity index (χ0) is 10.6. The van der Waals surface area contributed by atoms with Gasteiger partial charge in [0.25, 0.3) is 0 Å². The molecule has 1 amide bonds. The molecule has 0 bridgehead atoms. The van der Waals surface area contributed by atoms with Crippen molar-refractivity contribution in [3.63, 3.8) is 0 Å². The molecular weight excluding hydrogens is 176 g/mol. The lowest BCUT2D eigenvalue weighted by molar-refractivity contribution is -0.121. The molecule has 0 heterocycles. The maximum atomic E-state index is 11.2. The summed E-state index contributed by atoms with van der Waals surface area (Å²) in [6.45, 7) is 2.09. The molecule has 1 aromatic carbocycles. The summed E-state index contributed by atoms with van der Waals surface area (Å²) in [6, 6.07) is 7.24. The Labute approximate surface area is 84.3 Å². The van der Waals surface area contributed by atoms with Gasteiger partial charge in [-0.25, -0.2) is 0 Å². The average molecular weight is 192 g/mol. The highest BCUT2D eigenvalue weighted by atomic mass is 16.2. The predicted octanol–water partition coefficient (Wildman–Crippen LogP) is 0.995. The van der Waals surface area contributed by atoms with E-state index in [1.165, 1.54) is 5.56 Å². The molecule has 0 aromatic heterocycles. The number of rotatable bonds is 3. The lowest BCUT2D eigenvalue weighted by Crippen LogP contribution is -2.31. The third-order valence-electron chi connectivity index (χ3n) is 2.28. The molecule has 0 radical (unpaired) electrons. The van der Waals surface area contributed by atoms with E-state index in [0.29, 0.717) is 0 Å². The Bertz CT molecular complexity index is 306. The fourth-order valence-electron chi connectivity index (χ4n) is 1.27. The zero-order valence-corrected chi connectivity index (χ0v) is 8.58. The second kappa shape index (κ2) is 4.77. The van der Waals surface area contributed by atoms with Crippen molar-refractivity contribution in [1.29, 1.82) is 0 Å². The third-order valence-corrected chi connectivity index (χ3v) is 2.28. The molecule has 0 saturated carbocycles. The van der Waals surface area contributed by atoms with Crippen molar-refractivity contribution in [3.05, 3.63) is 35.4 Å². The highest BCUT2D eigenvalue weighted by Gasteiger charge is 2.13. The summed E-state index contributed by atoms with van der Waals surface area (Å²) in [6.07, 6.45) is 0.996. The highest BCUT2D eigenvalue weighted by Crippen LogP contribution is 2.11. The molecule has 0 aliphatic carbocycles. The van der Waals surface area contributed by atoms with Crippen molar-refractivity contribution in [2.24, 2.45) is 5.73 Å². The first-order valence-corrected chi connectivity index (χ1v) is 4.75. The first-order valence-electron chi connectivity index (χ1n) is 4.75. The summed E-state index contributed by atoms with van der Waals surface area (Å²) in [5, 5.41) is 2.53. The molecule has 0 aliphatic heterocycles. The van der Waals surface area contributed by atoms with E-state index >= 15 is 0 Å². The van der Waals surface area contributed by atoms with Crippen molar-refractivity contribution in [2.45, 2.75) is 19.4 Å². The van der Waals surface area contributed by atoms with Gasteiger partial charge in [-0.05, 0) is 17.5 Å². The summed E-state index contributed by atoms with van der Waals surface area (Å²) in [4.78, 5) is 11.2. The molecule has 14 heavy (non-hydrogen) atoms. The standard InChI is InChI=1S/C11H16N2O/c1-3-8-4-6-9(7-5-8)10(12)11(14)13-2/h4-7,10H,3,12H2,1-2H3,(H,13,14). The van der Waals surface area contributed by atoms with Crippen LogP contribution in [0.1, 0.15) is 24.1 Å². The normalized spacial score (nSPS) is 12.2. The van der Waals surface area contributed by atoms with E-state index in [0.717, 1.165) is 12.0 Å². The predicted molar refractivity (Wildman–Crippen MR) is 56.8 cm³/mol. The molecule has 1 rings (SSSR count). The lowest BCUT2D eigenvalue weighted by atomic mass is 10.0. The number of likely N-dealkylation sites (N-methyl/N-ethyl adjacent to an activating group) is 1. The second-order valence-corrected chi connectivity index (χ2v) is 3.19. The monoisotopic (exact) mass is 192 g/mol. The van der Waals surface area contributed by atoms with Crippen LogP contribution in [0.15, 0.2) is 24.3 Å². The number of hydrogen-bond donors (Lipinski definition) is 2. The minimum Gasteiger partial charge on any atom is -0.358 e. The molecular formula is C11H16N2O. The van der Waals surface area contributed by atoms with Crippen LogP contribution in [0.5, 0.6) is 0 Å². The number of nitrogens with two attached hydrogens (primary N) is 1. The summed E-state index contributed by atoms with van der Waals surface area (Å²) < 4.78 is 0. The average Bonchev–Trinajstić information content (AvgIpc) is 2.27. The van der Waals surface area contributed by atoms with Crippen molar-refractivity contribution >= 4 is 5.91 Å². The molecule has 0 aliphatic rings. The number of benzene rings is 1. The lowest BCUT2D eigenvalue weighted by Gasteiger charge is -2.10. The maximum absolute atomic E-state index is 11.2. The molecule has 0 fully saturated rings. The number of nitrogens with one attached hydrogen (secondary N) is 1. The first kappa shape index (κ1) is 10.7. The molecule has 3 nitrogen and oxygen atoms in total. The van der Waals surface area contributed by atoms with Crippen LogP contribution in [0.25, 0.3) is 0 Å². The number of carbonyl (C=O) groups is 1. The van der Waals surface area contributed by atoms with Gasteiger partial charge in [-0.15, -0.1) is 0 Å². The summed E-state index contributed by atoms with van der Waals surface area (Å²) in [5.41, 5.74) is 7.83. The number of aryl methyl sites for hydroxylation is 1. The van der Waals surface area contributed by atoms with Crippen molar-refractivity contribution in [3.8, 4) is 0 Å². The van der Waals surface area contributed by atoms with E-state index in [1.54, 1.807) is 7.05 Å². The van der Waals surface area contributed by atoms with Crippen LogP contribution >= 0.6 is 0 Å². The Morgan fingerprint density at radius 2 is 2.00 bits per heavy atom. The van der Waals surface area contributed by atoms with Gasteiger partial charge < -0.3 is 11.1 Å². The van der Waals surface area contributed by atoms with Gasteiger partial charge >= 0.3 is 0 Å². The summed E-state index contributed by atoms with van der Waals surface area (Å²) in [7, 11) is 1.59. The van der Waals surface area contributed by atoms with Crippen molar-refractivity contribution < 1.29 is 4.79 Å². The minimum absolute atomic E-state index is 0.158. The van der Waals surface area contributed by atoms with Crippen molar-refractivity contribution in [2.75, 3.05) is 7.05 Å². The summed E-state index contributed by atoms with van der Waals surface area (Å²) >= 11 is 0. The Kier molecular flexibility index (Phi) is 3.65. The Morgan fingerprint density at radius 3 is 2.43 bits per heavy atom. The van der Waals surface area contributed by atoms with Crippen molar-refractivity contribution in [1.82, 2.24) is 5.32 Å². The topological polar surface area (TPSA) is 55.1 Å². The molecule has 1 atom stereocenters. The van der Waals surface area contributed by atoms with Crippen LogP contribution in [-0.2, 0) is 11.2 Å². The smallest absolute Gasteiger partial charge is 0.241 e. The molecule has 1 unspecified atom stereocenters. The van der Waals surface area contributed by atoms with E-state index in [-0.39, 0.29) is 5.91 Å². The Balaban J connectivity index is 2.81. The van der Waals surface area contributed by atoms with Gasteiger partial charge in [0, 0.05) is 7.05 Å². The largest absolute Gasteiger partial charge is 0.358 e. The van der Waals surface area contributed by atoms with E-state index in [1.807, 2.05) is 24.3 Å². The van der Waals surface area contributed by atoms with Crippen LogP contribution in [0, 0.1) is 0 Å². The van der Waals surface area contributed by atoms with Gasteiger partial charge in [-0.2, -0.15) is 0 Å². The van der Waals surface area contributed by atoms with E-state index in [9.17, 15) is 4.79 Å². The summed E-state index contributed by atoms with van der Waals surface area (Å²) in [5.74, 6) is -0.158. The van der Waals surface area contributed by atoms with Gasteiger partial charge in [-0.1, -0.05) is 31.2 Å². The van der Waals surface area contributed by atoms with Gasteiger partial charge in [-0.3, -0.25) is 4.79 Å². The molecule has 3 N–H and O–H groups in total. The number of carbonyl (C=O) groups excluding carboxylic acids is 1. The molecule has 1 aromatic rings. The first-order chi connectivity index (χ1) is 6.69. The van der Waals surface area contributed by atoms with Crippen LogP contribution in [-0.4, -0.2) is 13.0 Å². The fourth-order valence-corrected chi connectivity index (χ4v) is 1.27. The highest BCUT2D eigenvalue weighted by molar-refractivity contribution is 5.82. The molecule has 3 heteroatoms. The Morgan fingerprint density at radius 1 is 1.43 bits per heavy atom. The molecule has 0 spiro atoms. The number of amides is 1. The van der Waals surface area contributed by atoms with E-state index in [2.05, 4.69) is 12.2 Å². The number of hydrogen-bond acceptors (Lipinski definition) is 2. The fraction of sp³-hybridized carbons (Fsp3) is 0.364. The molecule has 76 valence electrons.